The summed E-state index contributed by atoms with van der Waals surface area (Å²) < 4.78 is 27.5. The molecule has 2 N–H and O–H groups in total. The minimum atomic E-state index is -3.68. The number of pyridine rings is 1. The van der Waals surface area contributed by atoms with Crippen LogP contribution >= 0.6 is 0 Å². The van der Waals surface area contributed by atoms with E-state index in [-0.39, 0.29) is 17.4 Å². The highest BCUT2D eigenvalue weighted by atomic mass is 32.2. The first-order valence-corrected chi connectivity index (χ1v) is 8.99. The molecule has 0 amide bonds. The number of hydrogen-bond acceptors (Lipinski definition) is 4. The Bertz CT molecular complexity index is 722. The van der Waals surface area contributed by atoms with Gasteiger partial charge in [-0.2, -0.15) is 0 Å². The number of fused-ring (bicyclic) bond motifs is 1. The van der Waals surface area contributed by atoms with Crippen LogP contribution in [0.2, 0.25) is 0 Å². The molecule has 0 aliphatic heterocycles. The first-order valence-electron chi connectivity index (χ1n) is 7.51. The zero-order valence-electron chi connectivity index (χ0n) is 12.9. The van der Waals surface area contributed by atoms with E-state index < -0.39 is 16.1 Å². The topological polar surface area (TPSA) is 79.3 Å². The van der Waals surface area contributed by atoms with Crippen LogP contribution in [0.1, 0.15) is 26.7 Å². The number of aliphatic hydroxyl groups excluding tert-OH is 1. The Kier molecular flexibility index (Phi) is 5.50. The molecule has 0 saturated heterocycles. The zero-order chi connectivity index (χ0) is 16.2. The third-order valence-electron chi connectivity index (χ3n) is 3.97. The van der Waals surface area contributed by atoms with Crippen molar-refractivity contribution in [2.45, 2.75) is 37.7 Å². The molecule has 0 radical (unpaired) electrons. The second kappa shape index (κ2) is 7.17. The number of hydrogen-bond donors (Lipinski definition) is 2. The van der Waals surface area contributed by atoms with E-state index in [1.54, 1.807) is 36.5 Å². The average molecular weight is 322 g/mol. The van der Waals surface area contributed by atoms with Crippen molar-refractivity contribution in [2.24, 2.45) is 5.92 Å². The molecule has 1 aromatic carbocycles. The summed E-state index contributed by atoms with van der Waals surface area (Å²) >= 11 is 0. The molecule has 2 rings (SSSR count). The van der Waals surface area contributed by atoms with Crippen LogP contribution in [0.15, 0.2) is 41.4 Å². The van der Waals surface area contributed by atoms with Gasteiger partial charge in [-0.3, -0.25) is 4.98 Å². The van der Waals surface area contributed by atoms with Crippen LogP contribution in [0.4, 0.5) is 0 Å². The third kappa shape index (κ3) is 3.63. The number of nitrogens with zero attached hydrogens (tertiary/aromatic N) is 1. The van der Waals surface area contributed by atoms with E-state index in [0.29, 0.717) is 10.9 Å². The van der Waals surface area contributed by atoms with E-state index in [1.807, 2.05) is 13.8 Å². The van der Waals surface area contributed by atoms with E-state index in [2.05, 4.69) is 9.71 Å². The van der Waals surface area contributed by atoms with Crippen molar-refractivity contribution in [1.29, 1.82) is 0 Å². The summed E-state index contributed by atoms with van der Waals surface area (Å²) in [6, 6.07) is 8.43. The van der Waals surface area contributed by atoms with Crippen molar-refractivity contribution in [2.75, 3.05) is 6.54 Å². The Hall–Kier alpha value is -1.50. The summed E-state index contributed by atoms with van der Waals surface area (Å²) in [5, 5.41) is 10.7. The summed E-state index contributed by atoms with van der Waals surface area (Å²) in [6.45, 7) is 4.00. The van der Waals surface area contributed by atoms with Gasteiger partial charge in [-0.05, 0) is 30.2 Å². The van der Waals surface area contributed by atoms with Crippen LogP contribution in [0.3, 0.4) is 0 Å². The maximum atomic E-state index is 12.5. The summed E-state index contributed by atoms with van der Waals surface area (Å²) in [5.74, 6) is 0.0943. The Labute approximate surface area is 131 Å². The first-order chi connectivity index (χ1) is 10.5. The number of aliphatic hydroxyl groups is 1. The highest BCUT2D eigenvalue weighted by molar-refractivity contribution is 7.89. The van der Waals surface area contributed by atoms with Gasteiger partial charge in [-0.1, -0.05) is 32.8 Å². The predicted molar refractivity (Wildman–Crippen MR) is 87.0 cm³/mol. The van der Waals surface area contributed by atoms with Crippen LogP contribution in [0, 0.1) is 5.92 Å². The Morgan fingerprint density at radius 3 is 2.59 bits per heavy atom. The van der Waals surface area contributed by atoms with E-state index in [0.717, 1.165) is 12.8 Å². The molecule has 5 nitrogen and oxygen atoms in total. The Balaban J connectivity index is 2.23. The van der Waals surface area contributed by atoms with E-state index in [9.17, 15) is 13.5 Å². The van der Waals surface area contributed by atoms with Gasteiger partial charge < -0.3 is 5.11 Å². The second-order valence-corrected chi connectivity index (χ2v) is 7.06. The highest BCUT2D eigenvalue weighted by Crippen LogP contribution is 2.21. The number of benzene rings is 1. The Morgan fingerprint density at radius 2 is 1.91 bits per heavy atom. The third-order valence-corrected chi connectivity index (χ3v) is 5.45. The van der Waals surface area contributed by atoms with Gasteiger partial charge in [0.25, 0.3) is 0 Å². The normalized spacial score (nSPS) is 13.6. The second-order valence-electron chi connectivity index (χ2n) is 5.32. The fourth-order valence-corrected chi connectivity index (χ4v) is 3.85. The minimum absolute atomic E-state index is 0.0192. The first kappa shape index (κ1) is 16.9. The molecular formula is C16H22N2O3S. The maximum absolute atomic E-state index is 12.5. The highest BCUT2D eigenvalue weighted by Gasteiger charge is 2.21. The zero-order valence-corrected chi connectivity index (χ0v) is 13.7. The van der Waals surface area contributed by atoms with E-state index in [4.69, 9.17) is 0 Å². The average Bonchev–Trinajstić information content (AvgIpc) is 2.53. The van der Waals surface area contributed by atoms with Crippen LogP contribution in [-0.4, -0.2) is 31.2 Å². The SMILES string of the molecule is CCC(CC)C(O)CNS(=O)(=O)c1cccc2ncccc12. The van der Waals surface area contributed by atoms with Gasteiger partial charge in [-0.25, -0.2) is 13.1 Å². The van der Waals surface area contributed by atoms with Gasteiger partial charge in [0, 0.05) is 18.1 Å². The summed E-state index contributed by atoms with van der Waals surface area (Å²) in [5.41, 5.74) is 0.630. The molecule has 2 aromatic rings. The Morgan fingerprint density at radius 1 is 1.18 bits per heavy atom. The lowest BCUT2D eigenvalue weighted by atomic mass is 9.97. The van der Waals surface area contributed by atoms with Gasteiger partial charge in [0.1, 0.15) is 0 Å². The molecule has 6 heteroatoms. The molecule has 1 unspecified atom stereocenters. The standard InChI is InChI=1S/C16H22N2O3S/c1-3-12(4-2)15(19)11-18-22(20,21)16-9-5-8-14-13(16)7-6-10-17-14/h5-10,12,15,18-19H,3-4,11H2,1-2H3. The smallest absolute Gasteiger partial charge is 0.241 e. The molecule has 0 fully saturated rings. The number of nitrogens with one attached hydrogen (secondary N) is 1. The van der Waals surface area contributed by atoms with E-state index in [1.165, 1.54) is 0 Å². The monoisotopic (exact) mass is 322 g/mol. The van der Waals surface area contributed by atoms with Crippen molar-refractivity contribution < 1.29 is 13.5 Å². The molecule has 0 bridgehead atoms. The van der Waals surface area contributed by atoms with Crippen molar-refractivity contribution in [3.63, 3.8) is 0 Å². The van der Waals surface area contributed by atoms with Crippen molar-refractivity contribution in [3.05, 3.63) is 36.5 Å². The van der Waals surface area contributed by atoms with Gasteiger partial charge in [0.15, 0.2) is 0 Å². The molecule has 1 atom stereocenters. The van der Waals surface area contributed by atoms with Crippen LogP contribution in [0.5, 0.6) is 0 Å². The largest absolute Gasteiger partial charge is 0.391 e. The van der Waals surface area contributed by atoms with Crippen LogP contribution in [-0.2, 0) is 10.0 Å². The van der Waals surface area contributed by atoms with Crippen molar-refractivity contribution >= 4 is 20.9 Å². The summed E-state index contributed by atoms with van der Waals surface area (Å²) in [6.07, 6.45) is 2.58. The molecule has 120 valence electrons. The molecule has 0 saturated carbocycles. The molecule has 1 heterocycles. The van der Waals surface area contributed by atoms with E-state index >= 15 is 0 Å². The summed E-state index contributed by atoms with van der Waals surface area (Å²) in [7, 11) is -3.68. The lowest BCUT2D eigenvalue weighted by molar-refractivity contribution is 0.107. The lowest BCUT2D eigenvalue weighted by Gasteiger charge is -2.20. The van der Waals surface area contributed by atoms with Gasteiger partial charge >= 0.3 is 0 Å². The van der Waals surface area contributed by atoms with Crippen molar-refractivity contribution in [1.82, 2.24) is 9.71 Å². The number of aromatic nitrogens is 1. The maximum Gasteiger partial charge on any atom is 0.241 e. The van der Waals surface area contributed by atoms with Gasteiger partial charge in [-0.15, -0.1) is 0 Å². The predicted octanol–water partition coefficient (Wildman–Crippen LogP) is 2.31. The van der Waals surface area contributed by atoms with Crippen LogP contribution in [0.25, 0.3) is 10.9 Å². The number of sulfonamides is 1. The lowest BCUT2D eigenvalue weighted by Crippen LogP contribution is -2.36. The molecule has 0 aliphatic carbocycles. The molecular weight excluding hydrogens is 300 g/mol. The number of rotatable bonds is 7. The molecule has 22 heavy (non-hydrogen) atoms. The molecule has 0 spiro atoms. The fraction of sp³-hybridized carbons (Fsp3) is 0.438. The minimum Gasteiger partial charge on any atom is -0.391 e. The fourth-order valence-electron chi connectivity index (χ4n) is 2.58. The molecule has 1 aromatic heterocycles. The summed E-state index contributed by atoms with van der Waals surface area (Å²) in [4.78, 5) is 4.35. The van der Waals surface area contributed by atoms with Gasteiger partial charge in [0.2, 0.25) is 10.0 Å². The van der Waals surface area contributed by atoms with Crippen molar-refractivity contribution in [3.8, 4) is 0 Å². The molecule has 0 aliphatic rings. The van der Waals surface area contributed by atoms with Gasteiger partial charge in [0.05, 0.1) is 16.5 Å². The van der Waals surface area contributed by atoms with Crippen LogP contribution < -0.4 is 4.72 Å². The quantitative estimate of drug-likeness (QED) is 0.820.